The number of hydrogen-bond donors (Lipinski definition) is 1. The van der Waals surface area contributed by atoms with Crippen LogP contribution >= 0.6 is 0 Å². The summed E-state index contributed by atoms with van der Waals surface area (Å²) in [6.07, 6.45) is 9.87. The van der Waals surface area contributed by atoms with Crippen LogP contribution in [0.15, 0.2) is 4.52 Å². The SMILES string of the molecule is CCCNC1CCCCC1Cc1nc(N2CCCC2)no1. The lowest BCUT2D eigenvalue weighted by Gasteiger charge is -2.31. The average Bonchev–Trinajstić information content (AvgIpc) is 3.17. The smallest absolute Gasteiger partial charge is 0.266 e. The molecule has 3 rings (SSSR count). The number of anilines is 1. The Labute approximate surface area is 127 Å². The van der Waals surface area contributed by atoms with E-state index in [-0.39, 0.29) is 0 Å². The molecule has 1 saturated heterocycles. The fourth-order valence-electron chi connectivity index (χ4n) is 3.65. The van der Waals surface area contributed by atoms with E-state index in [1.807, 2.05) is 0 Å². The second-order valence-corrected chi connectivity index (χ2v) is 6.49. The molecule has 2 unspecified atom stereocenters. The van der Waals surface area contributed by atoms with Gasteiger partial charge < -0.3 is 14.7 Å². The van der Waals surface area contributed by atoms with Crippen molar-refractivity contribution in [2.45, 2.75) is 64.3 Å². The highest BCUT2D eigenvalue weighted by Crippen LogP contribution is 2.28. The molecule has 5 nitrogen and oxygen atoms in total. The predicted octanol–water partition coefficient (Wildman–Crippen LogP) is 2.77. The first kappa shape index (κ1) is 14.8. The number of aromatic nitrogens is 2. The Morgan fingerprint density at radius 3 is 2.81 bits per heavy atom. The molecule has 118 valence electrons. The lowest BCUT2D eigenvalue weighted by atomic mass is 9.82. The van der Waals surface area contributed by atoms with Crippen LogP contribution in [-0.2, 0) is 6.42 Å². The highest BCUT2D eigenvalue weighted by atomic mass is 16.5. The van der Waals surface area contributed by atoms with Crippen molar-refractivity contribution < 1.29 is 4.52 Å². The van der Waals surface area contributed by atoms with Crippen molar-refractivity contribution in [3.63, 3.8) is 0 Å². The molecule has 0 radical (unpaired) electrons. The molecule has 21 heavy (non-hydrogen) atoms. The zero-order chi connectivity index (χ0) is 14.5. The molecule has 0 aromatic carbocycles. The van der Waals surface area contributed by atoms with Gasteiger partial charge in [0.05, 0.1) is 0 Å². The van der Waals surface area contributed by atoms with Crippen molar-refractivity contribution in [2.75, 3.05) is 24.5 Å². The topological polar surface area (TPSA) is 54.2 Å². The fraction of sp³-hybridized carbons (Fsp3) is 0.875. The second kappa shape index (κ2) is 7.25. The molecule has 1 aromatic heterocycles. The van der Waals surface area contributed by atoms with E-state index in [0.29, 0.717) is 12.0 Å². The number of hydrogen-bond acceptors (Lipinski definition) is 5. The Morgan fingerprint density at radius 2 is 2.00 bits per heavy atom. The Kier molecular flexibility index (Phi) is 5.12. The van der Waals surface area contributed by atoms with Crippen LogP contribution < -0.4 is 10.2 Å². The molecular formula is C16H28N4O. The lowest BCUT2D eigenvalue weighted by molar-refractivity contribution is 0.240. The van der Waals surface area contributed by atoms with Crippen LogP contribution in [0.25, 0.3) is 0 Å². The van der Waals surface area contributed by atoms with E-state index in [0.717, 1.165) is 37.9 Å². The molecule has 1 aliphatic heterocycles. The lowest BCUT2D eigenvalue weighted by Crippen LogP contribution is -2.39. The molecule has 1 saturated carbocycles. The minimum atomic E-state index is 0.626. The van der Waals surface area contributed by atoms with Crippen molar-refractivity contribution >= 4 is 5.95 Å². The van der Waals surface area contributed by atoms with Gasteiger partial charge in [-0.2, -0.15) is 4.98 Å². The van der Waals surface area contributed by atoms with Crippen LogP contribution in [0.3, 0.4) is 0 Å². The summed E-state index contributed by atoms with van der Waals surface area (Å²) in [7, 11) is 0. The summed E-state index contributed by atoms with van der Waals surface area (Å²) in [5.41, 5.74) is 0. The van der Waals surface area contributed by atoms with Gasteiger partial charge in [0.25, 0.3) is 5.95 Å². The van der Waals surface area contributed by atoms with Gasteiger partial charge in [0, 0.05) is 25.6 Å². The summed E-state index contributed by atoms with van der Waals surface area (Å²) in [6, 6.07) is 0.626. The Balaban J connectivity index is 1.58. The van der Waals surface area contributed by atoms with Gasteiger partial charge in [-0.3, -0.25) is 0 Å². The van der Waals surface area contributed by atoms with Gasteiger partial charge in [-0.15, -0.1) is 0 Å². The van der Waals surface area contributed by atoms with E-state index in [1.54, 1.807) is 0 Å². The van der Waals surface area contributed by atoms with Crippen LogP contribution in [0.2, 0.25) is 0 Å². The van der Waals surface area contributed by atoms with Crippen molar-refractivity contribution in [2.24, 2.45) is 5.92 Å². The minimum absolute atomic E-state index is 0.626. The Bertz CT molecular complexity index is 428. The third-order valence-corrected chi connectivity index (χ3v) is 4.85. The quantitative estimate of drug-likeness (QED) is 0.873. The molecule has 2 atom stereocenters. The third kappa shape index (κ3) is 3.76. The van der Waals surface area contributed by atoms with Crippen LogP contribution in [-0.4, -0.2) is 35.8 Å². The normalized spacial score (nSPS) is 26.4. The largest absolute Gasteiger partial charge is 0.338 e. The number of nitrogens with one attached hydrogen (secondary N) is 1. The summed E-state index contributed by atoms with van der Waals surface area (Å²) in [5, 5.41) is 7.87. The summed E-state index contributed by atoms with van der Waals surface area (Å²) < 4.78 is 5.50. The Morgan fingerprint density at radius 1 is 1.19 bits per heavy atom. The van der Waals surface area contributed by atoms with E-state index in [9.17, 15) is 0 Å². The molecule has 2 fully saturated rings. The second-order valence-electron chi connectivity index (χ2n) is 6.49. The van der Waals surface area contributed by atoms with Crippen LogP contribution in [0, 0.1) is 5.92 Å². The number of rotatable bonds is 6. The molecular weight excluding hydrogens is 264 g/mol. The van der Waals surface area contributed by atoms with E-state index in [1.165, 1.54) is 44.9 Å². The summed E-state index contributed by atoms with van der Waals surface area (Å²) in [6.45, 7) is 5.49. The van der Waals surface area contributed by atoms with Crippen molar-refractivity contribution in [1.29, 1.82) is 0 Å². The highest BCUT2D eigenvalue weighted by Gasteiger charge is 2.27. The first-order valence-electron chi connectivity index (χ1n) is 8.67. The van der Waals surface area contributed by atoms with Crippen LogP contribution in [0.4, 0.5) is 5.95 Å². The first-order valence-corrected chi connectivity index (χ1v) is 8.67. The highest BCUT2D eigenvalue weighted by molar-refractivity contribution is 5.28. The predicted molar refractivity (Wildman–Crippen MR) is 83.5 cm³/mol. The molecule has 0 bridgehead atoms. The minimum Gasteiger partial charge on any atom is -0.338 e. The maximum absolute atomic E-state index is 5.50. The molecule has 1 N–H and O–H groups in total. The monoisotopic (exact) mass is 292 g/mol. The molecule has 5 heteroatoms. The van der Waals surface area contributed by atoms with Crippen LogP contribution in [0.1, 0.15) is 57.8 Å². The van der Waals surface area contributed by atoms with Gasteiger partial charge in [0.2, 0.25) is 5.89 Å². The van der Waals surface area contributed by atoms with Crippen LogP contribution in [0.5, 0.6) is 0 Å². The standard InChI is InChI=1S/C16H28N4O/c1-2-9-17-14-8-4-3-7-13(14)12-15-18-16(19-21-15)20-10-5-6-11-20/h13-14,17H,2-12H2,1H3. The van der Waals surface area contributed by atoms with Gasteiger partial charge >= 0.3 is 0 Å². The van der Waals surface area contributed by atoms with E-state index >= 15 is 0 Å². The zero-order valence-corrected chi connectivity index (χ0v) is 13.2. The summed E-state index contributed by atoms with van der Waals surface area (Å²) >= 11 is 0. The van der Waals surface area contributed by atoms with Gasteiger partial charge in [0.1, 0.15) is 0 Å². The summed E-state index contributed by atoms with van der Waals surface area (Å²) in [5.74, 6) is 2.28. The zero-order valence-electron chi connectivity index (χ0n) is 13.2. The molecule has 1 aromatic rings. The van der Waals surface area contributed by atoms with E-state index in [4.69, 9.17) is 4.52 Å². The maximum Gasteiger partial charge on any atom is 0.266 e. The fourth-order valence-corrected chi connectivity index (χ4v) is 3.65. The van der Waals surface area contributed by atoms with Gasteiger partial charge in [0.15, 0.2) is 0 Å². The van der Waals surface area contributed by atoms with Crippen molar-refractivity contribution in [3.8, 4) is 0 Å². The van der Waals surface area contributed by atoms with Gasteiger partial charge in [-0.05, 0) is 49.7 Å². The molecule has 2 aliphatic rings. The van der Waals surface area contributed by atoms with Crippen molar-refractivity contribution in [1.82, 2.24) is 15.5 Å². The van der Waals surface area contributed by atoms with Gasteiger partial charge in [-0.25, -0.2) is 0 Å². The molecule has 1 aliphatic carbocycles. The molecule has 2 heterocycles. The number of nitrogens with zero attached hydrogens (tertiary/aromatic N) is 3. The average molecular weight is 292 g/mol. The van der Waals surface area contributed by atoms with E-state index < -0.39 is 0 Å². The Hall–Kier alpha value is -1.10. The van der Waals surface area contributed by atoms with Crippen molar-refractivity contribution in [3.05, 3.63) is 5.89 Å². The summed E-state index contributed by atoms with van der Waals surface area (Å²) in [4.78, 5) is 6.86. The maximum atomic E-state index is 5.50. The first-order chi connectivity index (χ1) is 10.4. The molecule has 0 amide bonds. The molecule has 0 spiro atoms. The van der Waals surface area contributed by atoms with E-state index in [2.05, 4.69) is 27.3 Å². The third-order valence-electron chi connectivity index (χ3n) is 4.85. The van der Waals surface area contributed by atoms with Gasteiger partial charge in [-0.1, -0.05) is 19.8 Å².